The summed E-state index contributed by atoms with van der Waals surface area (Å²) in [4.78, 5) is -0.0666. The van der Waals surface area contributed by atoms with Gasteiger partial charge in [-0.2, -0.15) is 8.42 Å². The maximum absolute atomic E-state index is 10.5. The van der Waals surface area contributed by atoms with Crippen molar-refractivity contribution < 1.29 is 48.6 Å². The first kappa shape index (κ1) is 12.3. The van der Waals surface area contributed by atoms with Gasteiger partial charge < -0.3 is 0 Å². The van der Waals surface area contributed by atoms with Crippen LogP contribution in [0.5, 0.6) is 0 Å². The molecule has 1 radical (unpaired) electrons. The summed E-state index contributed by atoms with van der Waals surface area (Å²) in [5.41, 5.74) is 0.956. The Morgan fingerprint density at radius 1 is 1.17 bits per heavy atom. The van der Waals surface area contributed by atoms with Gasteiger partial charge in [-0.3, -0.25) is 4.55 Å². The molecule has 0 aliphatic carbocycles. The van der Waals surface area contributed by atoms with Gasteiger partial charge in [0.1, 0.15) is 0 Å². The van der Waals surface area contributed by atoms with Crippen LogP contribution in [0.3, 0.4) is 0 Å². The van der Waals surface area contributed by atoms with E-state index in [2.05, 4.69) is 0 Å². The molecule has 0 aliphatic heterocycles. The topological polar surface area (TPSA) is 54.4 Å². The van der Waals surface area contributed by atoms with Crippen LogP contribution in [0.4, 0.5) is 0 Å². The van der Waals surface area contributed by atoms with E-state index in [4.69, 9.17) is 4.55 Å². The van der Waals surface area contributed by atoms with Crippen molar-refractivity contribution in [3.63, 3.8) is 0 Å². The van der Waals surface area contributed by atoms with Crippen LogP contribution in [0.2, 0.25) is 0 Å². The van der Waals surface area contributed by atoms with E-state index in [0.717, 1.165) is 5.56 Å². The number of rotatable bonds is 1. The standard InChI is InChI=1S/C7H8O3S.La/c1-6-2-4-7(5-3-6)11(8,9)10;/h2-5H,1H3,(H,8,9,10);. The molecule has 63 valence electrons. The Hall–Kier alpha value is 0.325. The van der Waals surface area contributed by atoms with Crippen molar-refractivity contribution >= 4 is 10.1 Å². The average Bonchev–Trinajstić information content (AvgIpc) is 1.86. The minimum atomic E-state index is -4.02. The van der Waals surface area contributed by atoms with Crippen LogP contribution in [-0.4, -0.2) is 13.0 Å². The zero-order valence-electron chi connectivity index (χ0n) is 6.56. The summed E-state index contributed by atoms with van der Waals surface area (Å²) >= 11 is 0. The molecule has 0 amide bonds. The molecule has 0 unspecified atom stereocenters. The van der Waals surface area contributed by atoms with Gasteiger partial charge in [-0.1, -0.05) is 17.7 Å². The number of aryl methyl sites for hydroxylation is 1. The molecule has 0 saturated heterocycles. The van der Waals surface area contributed by atoms with Gasteiger partial charge in [0.2, 0.25) is 0 Å². The first-order valence-electron chi connectivity index (χ1n) is 3.04. The van der Waals surface area contributed by atoms with Gasteiger partial charge >= 0.3 is 0 Å². The Kier molecular flexibility index (Phi) is 4.65. The molecular weight excluding hydrogens is 303 g/mol. The van der Waals surface area contributed by atoms with Gasteiger partial charge in [0.25, 0.3) is 10.1 Å². The fraction of sp³-hybridized carbons (Fsp3) is 0.143. The molecule has 1 aromatic rings. The van der Waals surface area contributed by atoms with E-state index in [0.29, 0.717) is 0 Å². The summed E-state index contributed by atoms with van der Waals surface area (Å²) in [6.45, 7) is 1.84. The Morgan fingerprint density at radius 3 is 1.92 bits per heavy atom. The molecule has 0 heterocycles. The van der Waals surface area contributed by atoms with Crippen LogP contribution in [0.15, 0.2) is 29.2 Å². The van der Waals surface area contributed by atoms with Crippen molar-refractivity contribution in [3.8, 4) is 0 Å². The second-order valence-electron chi connectivity index (χ2n) is 2.29. The summed E-state index contributed by atoms with van der Waals surface area (Å²) in [5.74, 6) is 0. The normalized spacial score (nSPS) is 10.5. The largest absolute Gasteiger partial charge is 0.294 e. The third-order valence-corrected chi connectivity index (χ3v) is 2.19. The molecule has 1 aromatic carbocycles. The minimum Gasteiger partial charge on any atom is -0.282 e. The molecule has 0 fully saturated rings. The van der Waals surface area contributed by atoms with Gasteiger partial charge in [0.15, 0.2) is 0 Å². The zero-order valence-corrected chi connectivity index (χ0v) is 11.0. The SMILES string of the molecule is Cc1ccc(S(=O)(=O)O)cc1.[La]. The van der Waals surface area contributed by atoms with E-state index in [1.165, 1.54) is 12.1 Å². The van der Waals surface area contributed by atoms with E-state index in [9.17, 15) is 8.42 Å². The van der Waals surface area contributed by atoms with Crippen LogP contribution >= 0.6 is 0 Å². The van der Waals surface area contributed by atoms with Crippen molar-refractivity contribution in [3.05, 3.63) is 29.8 Å². The molecule has 0 atom stereocenters. The molecule has 0 aliphatic rings. The monoisotopic (exact) mass is 311 g/mol. The van der Waals surface area contributed by atoms with E-state index in [1.54, 1.807) is 12.1 Å². The number of hydrogen-bond acceptors (Lipinski definition) is 2. The molecule has 1 rings (SSSR count). The maximum atomic E-state index is 10.5. The van der Waals surface area contributed by atoms with Crippen LogP contribution in [0.1, 0.15) is 5.56 Å². The van der Waals surface area contributed by atoms with Gasteiger partial charge in [0, 0.05) is 35.6 Å². The molecule has 0 aromatic heterocycles. The third kappa shape index (κ3) is 3.37. The minimum absolute atomic E-state index is 0. The Morgan fingerprint density at radius 2 is 1.58 bits per heavy atom. The fourth-order valence-corrected chi connectivity index (χ4v) is 1.19. The van der Waals surface area contributed by atoms with Crippen LogP contribution < -0.4 is 0 Å². The number of hydrogen-bond donors (Lipinski definition) is 1. The van der Waals surface area contributed by atoms with Crippen LogP contribution in [0.25, 0.3) is 0 Å². The maximum Gasteiger partial charge on any atom is 0.294 e. The summed E-state index contributed by atoms with van der Waals surface area (Å²) in [6.07, 6.45) is 0. The average molecular weight is 311 g/mol. The first-order valence-corrected chi connectivity index (χ1v) is 4.48. The van der Waals surface area contributed by atoms with Crippen molar-refractivity contribution in [2.75, 3.05) is 0 Å². The predicted molar refractivity (Wildman–Crippen MR) is 41.0 cm³/mol. The van der Waals surface area contributed by atoms with E-state index < -0.39 is 10.1 Å². The van der Waals surface area contributed by atoms with Gasteiger partial charge in [-0.15, -0.1) is 0 Å². The second-order valence-corrected chi connectivity index (χ2v) is 3.71. The predicted octanol–water partition coefficient (Wildman–Crippen LogP) is 1.24. The summed E-state index contributed by atoms with van der Waals surface area (Å²) in [7, 11) is -4.02. The van der Waals surface area contributed by atoms with E-state index in [-0.39, 0.29) is 40.5 Å². The molecule has 5 heteroatoms. The zero-order chi connectivity index (χ0) is 8.48. The Labute approximate surface area is 99.5 Å². The van der Waals surface area contributed by atoms with Crippen molar-refractivity contribution in [2.24, 2.45) is 0 Å². The van der Waals surface area contributed by atoms with Crippen LogP contribution in [-0.2, 0) is 10.1 Å². The summed E-state index contributed by atoms with van der Waals surface area (Å²) in [6, 6.07) is 5.99. The molecular formula is C7H8LaO3S. The Bertz CT molecular complexity index is 341. The molecule has 1 N–H and O–H groups in total. The summed E-state index contributed by atoms with van der Waals surface area (Å²) in [5, 5.41) is 0. The van der Waals surface area contributed by atoms with Crippen molar-refractivity contribution in [1.82, 2.24) is 0 Å². The molecule has 12 heavy (non-hydrogen) atoms. The van der Waals surface area contributed by atoms with Crippen molar-refractivity contribution in [2.45, 2.75) is 11.8 Å². The Balaban J connectivity index is 0.00000121. The van der Waals surface area contributed by atoms with Crippen molar-refractivity contribution in [1.29, 1.82) is 0 Å². The second kappa shape index (κ2) is 4.53. The molecule has 0 spiro atoms. The first-order chi connectivity index (χ1) is 5.00. The summed E-state index contributed by atoms with van der Waals surface area (Å²) < 4.78 is 29.6. The molecule has 0 bridgehead atoms. The molecule has 3 nitrogen and oxygen atoms in total. The van der Waals surface area contributed by atoms with Gasteiger partial charge in [-0.25, -0.2) is 0 Å². The molecule has 0 saturated carbocycles. The third-order valence-electron chi connectivity index (χ3n) is 1.32. The quantitative estimate of drug-likeness (QED) is 0.794. The van der Waals surface area contributed by atoms with Gasteiger partial charge in [0.05, 0.1) is 4.90 Å². The smallest absolute Gasteiger partial charge is 0.282 e. The van der Waals surface area contributed by atoms with Crippen LogP contribution in [0, 0.1) is 42.5 Å². The fourth-order valence-electron chi connectivity index (χ4n) is 0.710. The van der Waals surface area contributed by atoms with E-state index in [1.807, 2.05) is 6.92 Å². The van der Waals surface area contributed by atoms with Gasteiger partial charge in [-0.05, 0) is 19.1 Å². The van der Waals surface area contributed by atoms with E-state index >= 15 is 0 Å². The number of benzene rings is 1.